The molecule has 72 valence electrons. The molecule has 0 amide bonds. The highest BCUT2D eigenvalue weighted by Crippen LogP contribution is 1.94. The van der Waals surface area contributed by atoms with Crippen LogP contribution in [0.2, 0.25) is 0 Å². The Morgan fingerprint density at radius 1 is 1.54 bits per heavy atom. The Labute approximate surface area is 84.7 Å². The molecular weight excluding hydrogens is 297 g/mol. The number of aromatic nitrogens is 2. The number of alkyl halides is 2. The SMILES string of the molecule is O=c1cc(I)[nH]c(=O)n1CC(F)F. The molecule has 0 bridgehead atoms. The largest absolute Gasteiger partial charge is 0.329 e. The summed E-state index contributed by atoms with van der Waals surface area (Å²) in [5.74, 6) is 0. The van der Waals surface area contributed by atoms with E-state index in [4.69, 9.17) is 0 Å². The molecule has 4 nitrogen and oxygen atoms in total. The van der Waals surface area contributed by atoms with E-state index in [2.05, 4.69) is 4.98 Å². The predicted molar refractivity (Wildman–Crippen MR) is 50.0 cm³/mol. The molecule has 0 aliphatic heterocycles. The molecule has 1 aromatic heterocycles. The zero-order valence-corrected chi connectivity index (χ0v) is 8.42. The maximum atomic E-state index is 11.9. The van der Waals surface area contributed by atoms with Crippen LogP contribution >= 0.6 is 22.6 Å². The lowest BCUT2D eigenvalue weighted by Gasteiger charge is -2.02. The molecule has 0 aromatic carbocycles. The third-order valence-corrected chi connectivity index (χ3v) is 1.89. The molecule has 7 heteroatoms. The summed E-state index contributed by atoms with van der Waals surface area (Å²) in [6.45, 7) is -0.870. The molecule has 0 unspecified atom stereocenters. The lowest BCUT2D eigenvalue weighted by molar-refractivity contribution is 0.123. The standard InChI is InChI=1S/C6H5F2IN2O2/c7-3(8)2-11-5(12)1-4(9)10-6(11)13/h1,3H,2H2,(H,10,13). The van der Waals surface area contributed by atoms with E-state index in [0.717, 1.165) is 6.07 Å². The molecular formula is C6H5F2IN2O2. The fourth-order valence-electron chi connectivity index (χ4n) is 0.803. The monoisotopic (exact) mass is 302 g/mol. The first-order valence-corrected chi connectivity index (χ1v) is 4.36. The number of H-pyrrole nitrogens is 1. The minimum absolute atomic E-state index is 0.332. The number of nitrogens with one attached hydrogen (secondary N) is 1. The first-order chi connectivity index (χ1) is 6.00. The summed E-state index contributed by atoms with van der Waals surface area (Å²) in [5.41, 5.74) is -1.52. The predicted octanol–water partition coefficient (Wildman–Crippen LogP) is 0.406. The van der Waals surface area contributed by atoms with Crippen LogP contribution in [-0.2, 0) is 6.54 Å². The highest BCUT2D eigenvalue weighted by Gasteiger charge is 2.08. The van der Waals surface area contributed by atoms with Crippen molar-refractivity contribution in [3.63, 3.8) is 0 Å². The van der Waals surface area contributed by atoms with E-state index < -0.39 is 24.2 Å². The van der Waals surface area contributed by atoms with Gasteiger partial charge in [0.25, 0.3) is 12.0 Å². The van der Waals surface area contributed by atoms with Crippen LogP contribution in [0.15, 0.2) is 15.7 Å². The molecule has 1 aromatic rings. The fraction of sp³-hybridized carbons (Fsp3) is 0.333. The van der Waals surface area contributed by atoms with E-state index in [1.807, 2.05) is 0 Å². The van der Waals surface area contributed by atoms with Gasteiger partial charge in [-0.15, -0.1) is 0 Å². The molecule has 13 heavy (non-hydrogen) atoms. The van der Waals surface area contributed by atoms with Gasteiger partial charge in [-0.25, -0.2) is 13.6 Å². The van der Waals surface area contributed by atoms with Crippen LogP contribution in [0, 0.1) is 3.70 Å². The molecule has 0 saturated heterocycles. The van der Waals surface area contributed by atoms with Gasteiger partial charge in [-0.1, -0.05) is 0 Å². The number of aromatic amines is 1. The molecule has 1 heterocycles. The van der Waals surface area contributed by atoms with Gasteiger partial charge in [-0.2, -0.15) is 0 Å². The molecule has 0 aliphatic carbocycles. The number of halogens is 3. The number of hydrogen-bond donors (Lipinski definition) is 1. The molecule has 1 N–H and O–H groups in total. The third kappa shape index (κ3) is 2.61. The van der Waals surface area contributed by atoms with Gasteiger partial charge in [0, 0.05) is 6.07 Å². The Bertz CT molecular complexity index is 381. The van der Waals surface area contributed by atoms with Gasteiger partial charge < -0.3 is 4.98 Å². The van der Waals surface area contributed by atoms with Crippen molar-refractivity contribution < 1.29 is 8.78 Å². The van der Waals surface area contributed by atoms with Crippen molar-refractivity contribution in [3.8, 4) is 0 Å². The zero-order chi connectivity index (χ0) is 10.0. The molecule has 0 aliphatic rings. The van der Waals surface area contributed by atoms with Crippen LogP contribution in [0.5, 0.6) is 0 Å². The van der Waals surface area contributed by atoms with E-state index in [-0.39, 0.29) is 0 Å². The summed E-state index contributed by atoms with van der Waals surface area (Å²) >= 11 is 1.73. The minimum Gasteiger partial charge on any atom is -0.302 e. The van der Waals surface area contributed by atoms with Crippen LogP contribution in [0.4, 0.5) is 8.78 Å². The summed E-state index contributed by atoms with van der Waals surface area (Å²) in [6, 6.07) is 1.09. The van der Waals surface area contributed by atoms with Gasteiger partial charge in [0.1, 0.15) is 0 Å². The van der Waals surface area contributed by atoms with Crippen LogP contribution in [0.25, 0.3) is 0 Å². The van der Waals surface area contributed by atoms with E-state index in [1.54, 1.807) is 22.6 Å². The maximum Gasteiger partial charge on any atom is 0.329 e. The summed E-state index contributed by atoms with van der Waals surface area (Å²) in [4.78, 5) is 24.2. The molecule has 0 fully saturated rings. The van der Waals surface area contributed by atoms with Gasteiger partial charge in [0.2, 0.25) is 0 Å². The minimum atomic E-state index is -2.71. The highest BCUT2D eigenvalue weighted by atomic mass is 127. The van der Waals surface area contributed by atoms with Crippen molar-refractivity contribution in [1.82, 2.24) is 9.55 Å². The average Bonchev–Trinajstić information content (AvgIpc) is 1.96. The smallest absolute Gasteiger partial charge is 0.302 e. The quantitative estimate of drug-likeness (QED) is 0.635. The van der Waals surface area contributed by atoms with Crippen molar-refractivity contribution in [3.05, 3.63) is 30.6 Å². The van der Waals surface area contributed by atoms with Crippen LogP contribution < -0.4 is 11.2 Å². The third-order valence-electron chi connectivity index (χ3n) is 1.31. The Kier molecular flexibility index (Phi) is 3.17. The zero-order valence-electron chi connectivity index (χ0n) is 6.26. The molecule has 0 atom stereocenters. The number of hydrogen-bond acceptors (Lipinski definition) is 2. The fourth-order valence-corrected chi connectivity index (χ4v) is 1.30. The van der Waals surface area contributed by atoms with E-state index in [1.165, 1.54) is 0 Å². The highest BCUT2D eigenvalue weighted by molar-refractivity contribution is 14.1. The Balaban J connectivity index is 3.22. The Hall–Kier alpha value is -0.730. The van der Waals surface area contributed by atoms with Crippen molar-refractivity contribution in [2.45, 2.75) is 13.0 Å². The first kappa shape index (κ1) is 10.4. The normalized spacial score (nSPS) is 10.8. The molecule has 1 rings (SSSR count). The second-order valence-corrected chi connectivity index (χ2v) is 3.42. The lowest BCUT2D eigenvalue weighted by atomic mass is 10.6. The summed E-state index contributed by atoms with van der Waals surface area (Å²) in [5, 5.41) is 0. The van der Waals surface area contributed by atoms with Gasteiger partial charge in [0.05, 0.1) is 10.2 Å². The second-order valence-electron chi connectivity index (χ2n) is 2.26. The second kappa shape index (κ2) is 3.99. The maximum absolute atomic E-state index is 11.9. The van der Waals surface area contributed by atoms with Crippen molar-refractivity contribution in [2.75, 3.05) is 0 Å². The van der Waals surface area contributed by atoms with Crippen LogP contribution in [0.3, 0.4) is 0 Å². The van der Waals surface area contributed by atoms with Crippen LogP contribution in [-0.4, -0.2) is 16.0 Å². The van der Waals surface area contributed by atoms with Crippen molar-refractivity contribution in [2.24, 2.45) is 0 Å². The number of nitrogens with zero attached hydrogens (tertiary/aromatic N) is 1. The topological polar surface area (TPSA) is 54.9 Å². The van der Waals surface area contributed by atoms with Gasteiger partial charge in [0.15, 0.2) is 0 Å². The van der Waals surface area contributed by atoms with Crippen LogP contribution in [0.1, 0.15) is 0 Å². The lowest BCUT2D eigenvalue weighted by Crippen LogP contribution is -2.36. The van der Waals surface area contributed by atoms with E-state index >= 15 is 0 Å². The number of rotatable bonds is 2. The molecule has 0 spiro atoms. The van der Waals surface area contributed by atoms with Gasteiger partial charge in [-0.3, -0.25) is 9.36 Å². The molecule has 0 radical (unpaired) electrons. The van der Waals surface area contributed by atoms with Crippen molar-refractivity contribution in [1.29, 1.82) is 0 Å². The van der Waals surface area contributed by atoms with E-state index in [9.17, 15) is 18.4 Å². The average molecular weight is 302 g/mol. The Morgan fingerprint density at radius 3 is 2.62 bits per heavy atom. The summed E-state index contributed by atoms with van der Waals surface area (Å²) in [7, 11) is 0. The first-order valence-electron chi connectivity index (χ1n) is 3.28. The van der Waals surface area contributed by atoms with E-state index in [0.29, 0.717) is 8.27 Å². The summed E-state index contributed by atoms with van der Waals surface area (Å²) < 4.78 is 24.5. The molecule has 0 saturated carbocycles. The summed E-state index contributed by atoms with van der Waals surface area (Å²) in [6.07, 6.45) is -2.71. The van der Waals surface area contributed by atoms with Gasteiger partial charge >= 0.3 is 5.69 Å². The van der Waals surface area contributed by atoms with Crippen molar-refractivity contribution >= 4 is 22.6 Å². The van der Waals surface area contributed by atoms with Gasteiger partial charge in [-0.05, 0) is 22.6 Å². The Morgan fingerprint density at radius 2 is 2.15 bits per heavy atom.